The van der Waals surface area contributed by atoms with E-state index in [1.165, 1.54) is 27.8 Å². The molecule has 0 atom stereocenters. The molecule has 0 unspecified atom stereocenters. The molecule has 4 aromatic rings. The van der Waals surface area contributed by atoms with Gasteiger partial charge in [-0.1, -0.05) is 25.2 Å². The second kappa shape index (κ2) is 11.2. The summed E-state index contributed by atoms with van der Waals surface area (Å²) in [5.74, 6) is 0.981. The van der Waals surface area contributed by atoms with Crippen LogP contribution in [0.2, 0.25) is 0 Å². The average molecular weight is 528 g/mol. The molecule has 0 bridgehead atoms. The van der Waals surface area contributed by atoms with E-state index in [1.54, 1.807) is 42.5 Å². The molecule has 0 N–H and O–H groups in total. The topological polar surface area (TPSA) is 93.0 Å². The number of anilines is 1. The molecule has 0 fully saturated rings. The van der Waals surface area contributed by atoms with Crippen molar-refractivity contribution < 1.29 is 22.4 Å². The first-order valence-electron chi connectivity index (χ1n) is 11.8. The van der Waals surface area contributed by atoms with Gasteiger partial charge in [0.05, 0.1) is 35.0 Å². The number of nitrogens with zero attached hydrogens (tertiary/aromatic N) is 3. The summed E-state index contributed by atoms with van der Waals surface area (Å²) in [5.41, 5.74) is 1.08. The van der Waals surface area contributed by atoms with Crippen LogP contribution in [0.15, 0.2) is 70.2 Å². The van der Waals surface area contributed by atoms with Crippen molar-refractivity contribution in [2.24, 2.45) is 0 Å². The van der Waals surface area contributed by atoms with Gasteiger partial charge < -0.3 is 9.15 Å². The van der Waals surface area contributed by atoms with Gasteiger partial charge in [0.1, 0.15) is 11.5 Å². The Morgan fingerprint density at radius 3 is 2.39 bits per heavy atom. The van der Waals surface area contributed by atoms with Gasteiger partial charge in [0.25, 0.3) is 5.91 Å². The van der Waals surface area contributed by atoms with Gasteiger partial charge in [-0.05, 0) is 61.4 Å². The molecule has 10 heteroatoms. The minimum absolute atomic E-state index is 0.172. The van der Waals surface area contributed by atoms with Gasteiger partial charge in [0.15, 0.2) is 5.13 Å². The largest absolute Gasteiger partial charge is 0.497 e. The van der Waals surface area contributed by atoms with Gasteiger partial charge in [-0.25, -0.2) is 13.4 Å². The van der Waals surface area contributed by atoms with Crippen molar-refractivity contribution in [3.8, 4) is 5.75 Å². The highest BCUT2D eigenvalue weighted by Crippen LogP contribution is 2.33. The normalized spacial score (nSPS) is 11.8. The second-order valence-electron chi connectivity index (χ2n) is 8.23. The Labute approximate surface area is 215 Å². The Hall–Kier alpha value is -3.21. The lowest BCUT2D eigenvalue weighted by atomic mass is 10.2. The fourth-order valence-electron chi connectivity index (χ4n) is 3.85. The minimum Gasteiger partial charge on any atom is -0.497 e. The van der Waals surface area contributed by atoms with Crippen LogP contribution >= 0.6 is 11.3 Å². The average Bonchev–Trinajstić information content (AvgIpc) is 3.56. The highest BCUT2D eigenvalue weighted by Gasteiger charge is 2.26. The Morgan fingerprint density at radius 2 is 1.78 bits per heavy atom. The summed E-state index contributed by atoms with van der Waals surface area (Å²) in [6.07, 6.45) is 3.01. The van der Waals surface area contributed by atoms with E-state index in [1.807, 2.05) is 32.0 Å². The third-order valence-electron chi connectivity index (χ3n) is 5.64. The van der Waals surface area contributed by atoms with Crippen LogP contribution in [0, 0.1) is 0 Å². The number of methoxy groups -OCH3 is 1. The summed E-state index contributed by atoms with van der Waals surface area (Å²) >= 11 is 1.39. The van der Waals surface area contributed by atoms with Crippen molar-refractivity contribution in [2.45, 2.75) is 38.1 Å². The third kappa shape index (κ3) is 5.45. The highest BCUT2D eigenvalue weighted by atomic mass is 32.2. The lowest BCUT2D eigenvalue weighted by Crippen LogP contribution is -2.33. The van der Waals surface area contributed by atoms with Gasteiger partial charge in [0, 0.05) is 24.7 Å². The van der Waals surface area contributed by atoms with Crippen LogP contribution in [0.4, 0.5) is 5.13 Å². The molecular weight excluding hydrogens is 498 g/mol. The number of carbonyl (C=O) groups excluding carboxylic acids is 1. The van der Waals surface area contributed by atoms with Crippen molar-refractivity contribution in [1.82, 2.24) is 9.29 Å². The molecule has 0 aliphatic carbocycles. The number of thiazole rings is 1. The molecule has 190 valence electrons. The quantitative estimate of drug-likeness (QED) is 0.254. The molecule has 0 aliphatic rings. The number of ether oxygens (including phenoxy) is 1. The van der Waals surface area contributed by atoms with Crippen molar-refractivity contribution in [3.63, 3.8) is 0 Å². The predicted molar refractivity (Wildman–Crippen MR) is 141 cm³/mol. The number of rotatable bonds is 11. The van der Waals surface area contributed by atoms with E-state index in [0.29, 0.717) is 35.3 Å². The monoisotopic (exact) mass is 527 g/mol. The zero-order chi connectivity index (χ0) is 25.7. The van der Waals surface area contributed by atoms with Gasteiger partial charge in [0.2, 0.25) is 10.0 Å². The predicted octanol–water partition coefficient (Wildman–Crippen LogP) is 5.56. The lowest BCUT2D eigenvalue weighted by Gasteiger charge is -2.21. The fourth-order valence-corrected chi connectivity index (χ4v) is 6.42. The molecule has 1 amide bonds. The van der Waals surface area contributed by atoms with E-state index < -0.39 is 10.0 Å². The van der Waals surface area contributed by atoms with Crippen LogP contribution in [-0.4, -0.2) is 43.8 Å². The van der Waals surface area contributed by atoms with Crippen molar-refractivity contribution in [2.75, 3.05) is 25.1 Å². The van der Waals surface area contributed by atoms with E-state index in [0.717, 1.165) is 23.1 Å². The summed E-state index contributed by atoms with van der Waals surface area (Å²) in [6, 6.07) is 15.2. The first kappa shape index (κ1) is 25.9. The van der Waals surface area contributed by atoms with Gasteiger partial charge in [-0.3, -0.25) is 9.69 Å². The zero-order valence-electron chi connectivity index (χ0n) is 20.5. The number of hydrogen-bond donors (Lipinski definition) is 0. The number of carbonyl (C=O) groups is 1. The molecule has 0 radical (unpaired) electrons. The molecule has 2 aromatic heterocycles. The van der Waals surface area contributed by atoms with Crippen LogP contribution in [0.3, 0.4) is 0 Å². The number of fused-ring (bicyclic) bond motifs is 1. The third-order valence-corrected chi connectivity index (χ3v) is 8.61. The van der Waals surface area contributed by atoms with Gasteiger partial charge in [-0.15, -0.1) is 0 Å². The van der Waals surface area contributed by atoms with Crippen LogP contribution in [-0.2, 0) is 16.6 Å². The Kier molecular flexibility index (Phi) is 8.07. The molecule has 0 saturated carbocycles. The number of benzene rings is 2. The standard InChI is InChI=1S/C26H29N3O5S2/c1-4-14-28(15-5-2)36(31,32)22-11-8-19(9-12-22)25(30)29(18-21-7-6-16-34-21)26-27-23-17-20(33-3)10-13-24(23)35-26/h6-13,16-17H,4-5,14-15,18H2,1-3H3. The summed E-state index contributed by atoms with van der Waals surface area (Å²) < 4.78 is 39.4. The molecule has 2 heterocycles. The smallest absolute Gasteiger partial charge is 0.260 e. The minimum atomic E-state index is -3.63. The van der Waals surface area contributed by atoms with Crippen LogP contribution in [0.1, 0.15) is 42.8 Å². The fraction of sp³-hybridized carbons (Fsp3) is 0.308. The van der Waals surface area contributed by atoms with E-state index in [4.69, 9.17) is 9.15 Å². The number of furan rings is 1. The van der Waals surface area contributed by atoms with E-state index in [2.05, 4.69) is 4.98 Å². The summed E-state index contributed by atoms with van der Waals surface area (Å²) in [7, 11) is -2.04. The van der Waals surface area contributed by atoms with Crippen LogP contribution in [0.25, 0.3) is 10.2 Å². The summed E-state index contributed by atoms with van der Waals surface area (Å²) in [5, 5.41) is 0.508. The number of aromatic nitrogens is 1. The van der Waals surface area contributed by atoms with E-state index in [9.17, 15) is 13.2 Å². The molecule has 0 saturated heterocycles. The Bertz CT molecular complexity index is 1410. The molecule has 0 spiro atoms. The van der Waals surface area contributed by atoms with Crippen LogP contribution in [0.5, 0.6) is 5.75 Å². The first-order chi connectivity index (χ1) is 17.4. The van der Waals surface area contributed by atoms with Gasteiger partial charge >= 0.3 is 0 Å². The zero-order valence-corrected chi connectivity index (χ0v) is 22.1. The number of amides is 1. The molecule has 36 heavy (non-hydrogen) atoms. The summed E-state index contributed by atoms with van der Waals surface area (Å²) in [4.78, 5) is 20.0. The van der Waals surface area contributed by atoms with Gasteiger partial charge in [-0.2, -0.15) is 4.31 Å². The van der Waals surface area contributed by atoms with Crippen molar-refractivity contribution in [1.29, 1.82) is 0 Å². The molecule has 8 nitrogen and oxygen atoms in total. The Balaban J connectivity index is 1.66. The maximum absolute atomic E-state index is 13.6. The number of sulfonamides is 1. The number of hydrogen-bond acceptors (Lipinski definition) is 7. The molecule has 2 aromatic carbocycles. The SMILES string of the molecule is CCCN(CCC)S(=O)(=O)c1ccc(C(=O)N(Cc2ccco2)c2nc3cc(OC)ccc3s2)cc1. The maximum atomic E-state index is 13.6. The highest BCUT2D eigenvalue weighted by molar-refractivity contribution is 7.89. The molecule has 4 rings (SSSR count). The second-order valence-corrected chi connectivity index (χ2v) is 11.2. The Morgan fingerprint density at radius 1 is 1.06 bits per heavy atom. The molecular formula is C26H29N3O5S2. The summed E-state index contributed by atoms with van der Waals surface area (Å²) in [6.45, 7) is 4.99. The van der Waals surface area contributed by atoms with E-state index >= 15 is 0 Å². The van der Waals surface area contributed by atoms with Crippen molar-refractivity contribution in [3.05, 3.63) is 72.2 Å². The van der Waals surface area contributed by atoms with Crippen LogP contribution < -0.4 is 9.64 Å². The molecule has 0 aliphatic heterocycles. The first-order valence-corrected chi connectivity index (χ1v) is 14.0. The van der Waals surface area contributed by atoms with Crippen molar-refractivity contribution >= 4 is 42.6 Å². The lowest BCUT2D eigenvalue weighted by molar-refractivity contribution is 0.0983. The maximum Gasteiger partial charge on any atom is 0.260 e. The van der Waals surface area contributed by atoms with E-state index in [-0.39, 0.29) is 17.3 Å².